The summed E-state index contributed by atoms with van der Waals surface area (Å²) >= 11 is 0. The summed E-state index contributed by atoms with van der Waals surface area (Å²) < 4.78 is 0. The number of hydrogen-bond acceptors (Lipinski definition) is 3. The van der Waals surface area contributed by atoms with Crippen molar-refractivity contribution < 1.29 is 9.59 Å². The molecule has 4 heteroatoms. The third kappa shape index (κ3) is 1.80. The van der Waals surface area contributed by atoms with Crippen molar-refractivity contribution >= 4 is 18.0 Å². The highest BCUT2D eigenvalue weighted by Gasteiger charge is 2.29. The van der Waals surface area contributed by atoms with Gasteiger partial charge in [-0.2, -0.15) is 0 Å². The molecule has 1 unspecified atom stereocenters. The molecule has 1 amide bonds. The first kappa shape index (κ1) is 10.4. The van der Waals surface area contributed by atoms with Crippen LogP contribution in [0.3, 0.4) is 0 Å². The molecule has 0 bridgehead atoms. The van der Waals surface area contributed by atoms with Crippen molar-refractivity contribution in [1.82, 2.24) is 4.98 Å². The van der Waals surface area contributed by atoms with Crippen LogP contribution in [0.4, 0.5) is 5.82 Å². The van der Waals surface area contributed by atoms with Gasteiger partial charge in [-0.05, 0) is 12.1 Å². The van der Waals surface area contributed by atoms with Crippen LogP contribution in [-0.4, -0.2) is 23.7 Å². The topological polar surface area (TPSA) is 50.3 Å². The average Bonchev–Trinajstić information content (AvgIpc) is 2.71. The monoisotopic (exact) mass is 214 g/mol. The number of aromatic nitrogens is 1. The maximum atomic E-state index is 11.6. The molecule has 0 aliphatic carbocycles. The highest BCUT2D eigenvalue weighted by atomic mass is 16.2. The molecule has 1 aromatic rings. The van der Waals surface area contributed by atoms with E-state index in [1.807, 2.05) is 0 Å². The highest BCUT2D eigenvalue weighted by Crippen LogP contribution is 2.22. The van der Waals surface area contributed by atoms with Gasteiger partial charge < -0.3 is 0 Å². The Hall–Kier alpha value is -2.15. The summed E-state index contributed by atoms with van der Waals surface area (Å²) in [5, 5.41) is 0. The first-order chi connectivity index (χ1) is 7.74. The number of hydrogen-bond donors (Lipinski definition) is 0. The minimum Gasteiger partial charge on any atom is -0.298 e. The molecule has 1 atom stereocenters. The fourth-order valence-corrected chi connectivity index (χ4v) is 1.67. The minimum atomic E-state index is -0.0416. The van der Waals surface area contributed by atoms with Crippen LogP contribution in [0.5, 0.6) is 0 Å². The number of carbonyl (C=O) groups excluding carboxylic acids is 2. The van der Waals surface area contributed by atoms with Gasteiger partial charge in [-0.1, -0.05) is 0 Å². The second kappa shape index (κ2) is 4.15. The van der Waals surface area contributed by atoms with Crippen LogP contribution in [0.1, 0.15) is 16.8 Å². The molecule has 1 fully saturated rings. The number of terminal acetylenes is 1. The number of rotatable bonds is 2. The van der Waals surface area contributed by atoms with Crippen LogP contribution in [-0.2, 0) is 4.79 Å². The van der Waals surface area contributed by atoms with Crippen molar-refractivity contribution in [2.75, 3.05) is 11.4 Å². The Morgan fingerprint density at radius 2 is 2.38 bits per heavy atom. The van der Waals surface area contributed by atoms with Crippen molar-refractivity contribution in [3.8, 4) is 12.3 Å². The molecule has 0 saturated carbocycles. The van der Waals surface area contributed by atoms with E-state index >= 15 is 0 Å². The lowest BCUT2D eigenvalue weighted by Gasteiger charge is -2.14. The summed E-state index contributed by atoms with van der Waals surface area (Å²) in [6.07, 6.45) is 7.81. The van der Waals surface area contributed by atoms with Crippen LogP contribution in [0.15, 0.2) is 18.3 Å². The Kier molecular flexibility index (Phi) is 2.69. The Morgan fingerprint density at radius 1 is 1.56 bits per heavy atom. The molecule has 1 saturated heterocycles. The van der Waals surface area contributed by atoms with Gasteiger partial charge in [-0.25, -0.2) is 4.98 Å². The quantitative estimate of drug-likeness (QED) is 0.542. The molecule has 1 aliphatic heterocycles. The maximum absolute atomic E-state index is 11.6. The van der Waals surface area contributed by atoms with Crippen LogP contribution in [0.25, 0.3) is 0 Å². The predicted octanol–water partition coefficient (Wildman–Crippen LogP) is 0.880. The van der Waals surface area contributed by atoms with E-state index in [4.69, 9.17) is 6.42 Å². The molecule has 2 rings (SSSR count). The Morgan fingerprint density at radius 3 is 2.88 bits per heavy atom. The van der Waals surface area contributed by atoms with Crippen LogP contribution < -0.4 is 4.90 Å². The van der Waals surface area contributed by atoms with E-state index in [9.17, 15) is 9.59 Å². The summed E-state index contributed by atoms with van der Waals surface area (Å²) in [4.78, 5) is 27.7. The molecule has 80 valence electrons. The second-order valence-electron chi connectivity index (χ2n) is 3.64. The van der Waals surface area contributed by atoms with Gasteiger partial charge in [0.15, 0.2) is 6.29 Å². The second-order valence-corrected chi connectivity index (χ2v) is 3.64. The van der Waals surface area contributed by atoms with E-state index in [0.717, 1.165) is 0 Å². The lowest BCUT2D eigenvalue weighted by Crippen LogP contribution is -2.25. The lowest BCUT2D eigenvalue weighted by molar-refractivity contribution is -0.117. The molecular formula is C12H10N2O2. The van der Waals surface area contributed by atoms with E-state index < -0.39 is 0 Å². The molecule has 16 heavy (non-hydrogen) atoms. The van der Waals surface area contributed by atoms with E-state index in [0.29, 0.717) is 30.6 Å². The fraction of sp³-hybridized carbons (Fsp3) is 0.250. The zero-order valence-electron chi connectivity index (χ0n) is 8.59. The molecule has 4 nitrogen and oxygen atoms in total. The van der Waals surface area contributed by atoms with Crippen LogP contribution in [0.2, 0.25) is 0 Å². The van der Waals surface area contributed by atoms with Crippen molar-refractivity contribution in [2.24, 2.45) is 5.92 Å². The molecule has 0 radical (unpaired) electrons. The van der Waals surface area contributed by atoms with Gasteiger partial charge in [0, 0.05) is 30.6 Å². The number of aldehydes is 1. The van der Waals surface area contributed by atoms with Crippen molar-refractivity contribution in [2.45, 2.75) is 6.42 Å². The van der Waals surface area contributed by atoms with Crippen molar-refractivity contribution in [1.29, 1.82) is 0 Å². The number of pyridine rings is 1. The van der Waals surface area contributed by atoms with E-state index in [1.165, 1.54) is 6.20 Å². The Balaban J connectivity index is 2.22. The SMILES string of the molecule is C#CC1CC(=O)N(c2ccc(C=O)cn2)C1. The predicted molar refractivity (Wildman–Crippen MR) is 58.9 cm³/mol. The fourth-order valence-electron chi connectivity index (χ4n) is 1.67. The van der Waals surface area contributed by atoms with Gasteiger partial charge >= 0.3 is 0 Å². The zero-order chi connectivity index (χ0) is 11.5. The normalized spacial score (nSPS) is 19.6. The minimum absolute atomic E-state index is 0.0192. The average molecular weight is 214 g/mol. The third-order valence-electron chi connectivity index (χ3n) is 2.54. The number of amides is 1. The lowest BCUT2D eigenvalue weighted by atomic mass is 10.1. The Bertz CT molecular complexity index is 459. The van der Waals surface area contributed by atoms with Crippen molar-refractivity contribution in [3.63, 3.8) is 0 Å². The molecule has 2 heterocycles. The third-order valence-corrected chi connectivity index (χ3v) is 2.54. The molecule has 1 aliphatic rings. The van der Waals surface area contributed by atoms with E-state index in [1.54, 1.807) is 17.0 Å². The first-order valence-electron chi connectivity index (χ1n) is 4.92. The summed E-state index contributed by atoms with van der Waals surface area (Å²) in [5.74, 6) is 3.06. The number of carbonyl (C=O) groups is 2. The van der Waals surface area contributed by atoms with Gasteiger partial charge in [0.1, 0.15) is 5.82 Å². The first-order valence-corrected chi connectivity index (χ1v) is 4.92. The van der Waals surface area contributed by atoms with Gasteiger partial charge in [0.05, 0.1) is 0 Å². The largest absolute Gasteiger partial charge is 0.298 e. The summed E-state index contributed by atoms with van der Waals surface area (Å²) in [7, 11) is 0. The summed E-state index contributed by atoms with van der Waals surface area (Å²) in [6, 6.07) is 3.28. The highest BCUT2D eigenvalue weighted by molar-refractivity contribution is 5.95. The van der Waals surface area contributed by atoms with E-state index in [-0.39, 0.29) is 11.8 Å². The zero-order valence-corrected chi connectivity index (χ0v) is 8.59. The standard InChI is InChI=1S/C12H10N2O2/c1-2-9-5-12(16)14(7-9)11-4-3-10(8-15)6-13-11/h1,3-4,6,8-9H,5,7H2. The van der Waals surface area contributed by atoms with Gasteiger partial charge in [-0.15, -0.1) is 12.3 Å². The number of nitrogens with zero attached hydrogens (tertiary/aromatic N) is 2. The van der Waals surface area contributed by atoms with E-state index in [2.05, 4.69) is 10.9 Å². The molecule has 0 aromatic carbocycles. The van der Waals surface area contributed by atoms with Gasteiger partial charge in [-0.3, -0.25) is 14.5 Å². The van der Waals surface area contributed by atoms with Gasteiger partial charge in [0.2, 0.25) is 5.91 Å². The van der Waals surface area contributed by atoms with Crippen LogP contribution in [0, 0.1) is 18.3 Å². The molecule has 1 aromatic heterocycles. The molecular weight excluding hydrogens is 204 g/mol. The van der Waals surface area contributed by atoms with Gasteiger partial charge in [0.25, 0.3) is 0 Å². The van der Waals surface area contributed by atoms with Crippen molar-refractivity contribution in [3.05, 3.63) is 23.9 Å². The summed E-state index contributed by atoms with van der Waals surface area (Å²) in [6.45, 7) is 0.503. The molecule has 0 spiro atoms. The number of anilines is 1. The smallest absolute Gasteiger partial charge is 0.229 e. The van der Waals surface area contributed by atoms with Crippen LogP contribution >= 0.6 is 0 Å². The summed E-state index contributed by atoms with van der Waals surface area (Å²) in [5.41, 5.74) is 0.490. The maximum Gasteiger partial charge on any atom is 0.229 e. The molecule has 0 N–H and O–H groups in total. The Labute approximate surface area is 93.3 Å².